The fourth-order valence-corrected chi connectivity index (χ4v) is 4.99. The maximum Gasteiger partial charge on any atom is 0.254 e. The van der Waals surface area contributed by atoms with E-state index in [0.29, 0.717) is 0 Å². The standard InChI is InChI=1S/C23H28N2O2S/c26-23(21-9-7-20(8-10-21)19-5-2-1-3-6-19)25-11-4-16-28-18-22(25)17-24-12-14-27-15-13-24/h1-3,5-10,22H,4,11-18H2. The van der Waals surface area contributed by atoms with Gasteiger partial charge in [0.2, 0.25) is 0 Å². The summed E-state index contributed by atoms with van der Waals surface area (Å²) in [6.45, 7) is 5.33. The van der Waals surface area contributed by atoms with Gasteiger partial charge in [0.1, 0.15) is 0 Å². The van der Waals surface area contributed by atoms with Crippen LogP contribution in [-0.4, -0.2) is 72.6 Å². The van der Waals surface area contributed by atoms with Crippen molar-refractivity contribution in [2.45, 2.75) is 12.5 Å². The molecular formula is C23H28N2O2S. The van der Waals surface area contributed by atoms with E-state index in [2.05, 4.69) is 34.1 Å². The summed E-state index contributed by atoms with van der Waals surface area (Å²) in [5.41, 5.74) is 3.12. The van der Waals surface area contributed by atoms with E-state index >= 15 is 0 Å². The first-order valence-corrected chi connectivity index (χ1v) is 11.3. The van der Waals surface area contributed by atoms with Gasteiger partial charge in [-0.05, 0) is 35.4 Å². The molecule has 0 N–H and O–H groups in total. The number of hydrogen-bond acceptors (Lipinski definition) is 4. The molecule has 1 amide bonds. The Morgan fingerprint density at radius 2 is 1.68 bits per heavy atom. The molecular weight excluding hydrogens is 368 g/mol. The van der Waals surface area contributed by atoms with Crippen molar-refractivity contribution in [3.05, 3.63) is 60.2 Å². The summed E-state index contributed by atoms with van der Waals surface area (Å²) in [7, 11) is 0. The zero-order chi connectivity index (χ0) is 19.2. The van der Waals surface area contributed by atoms with Gasteiger partial charge < -0.3 is 9.64 Å². The SMILES string of the molecule is O=C(c1ccc(-c2ccccc2)cc1)N1CCCSCC1CN1CCOCC1. The second-order valence-corrected chi connectivity index (χ2v) is 8.59. The molecule has 0 aromatic heterocycles. The predicted molar refractivity (Wildman–Crippen MR) is 116 cm³/mol. The van der Waals surface area contributed by atoms with Crippen LogP contribution in [0.3, 0.4) is 0 Å². The number of carbonyl (C=O) groups excluding carboxylic acids is 1. The Balaban J connectivity index is 1.48. The molecule has 0 radical (unpaired) electrons. The number of benzene rings is 2. The maximum absolute atomic E-state index is 13.3. The second kappa shape index (κ2) is 9.59. The molecule has 0 spiro atoms. The Hall–Kier alpha value is -1.82. The van der Waals surface area contributed by atoms with Crippen molar-refractivity contribution in [3.8, 4) is 11.1 Å². The molecule has 1 unspecified atom stereocenters. The van der Waals surface area contributed by atoms with Crippen LogP contribution in [0, 0.1) is 0 Å². The molecule has 2 aliphatic heterocycles. The number of rotatable bonds is 4. The van der Waals surface area contributed by atoms with E-state index in [1.165, 1.54) is 5.56 Å². The monoisotopic (exact) mass is 396 g/mol. The van der Waals surface area contributed by atoms with E-state index in [1.807, 2.05) is 42.1 Å². The summed E-state index contributed by atoms with van der Waals surface area (Å²) in [6, 6.07) is 18.7. The Labute approximate surface area is 171 Å². The van der Waals surface area contributed by atoms with E-state index in [0.717, 1.165) is 68.4 Å². The van der Waals surface area contributed by atoms with Crippen LogP contribution in [0.2, 0.25) is 0 Å². The van der Waals surface area contributed by atoms with Gasteiger partial charge in [0, 0.05) is 37.5 Å². The van der Waals surface area contributed by atoms with Crippen LogP contribution in [0.15, 0.2) is 54.6 Å². The van der Waals surface area contributed by atoms with Crippen LogP contribution in [0.5, 0.6) is 0 Å². The number of nitrogens with zero attached hydrogens (tertiary/aromatic N) is 2. The highest BCUT2D eigenvalue weighted by Crippen LogP contribution is 2.23. The fraction of sp³-hybridized carbons (Fsp3) is 0.435. The molecule has 2 heterocycles. The normalized spacial score (nSPS) is 21.3. The summed E-state index contributed by atoms with van der Waals surface area (Å²) in [4.78, 5) is 17.9. The minimum absolute atomic E-state index is 0.167. The summed E-state index contributed by atoms with van der Waals surface area (Å²) in [6.07, 6.45) is 1.07. The average molecular weight is 397 g/mol. The first kappa shape index (κ1) is 19.5. The van der Waals surface area contributed by atoms with Gasteiger partial charge in [-0.25, -0.2) is 0 Å². The lowest BCUT2D eigenvalue weighted by molar-refractivity contribution is 0.0245. The summed E-state index contributed by atoms with van der Waals surface area (Å²) in [5.74, 6) is 2.32. The number of amides is 1. The Bertz CT molecular complexity index is 760. The molecule has 2 fully saturated rings. The highest BCUT2D eigenvalue weighted by Gasteiger charge is 2.28. The highest BCUT2D eigenvalue weighted by molar-refractivity contribution is 7.99. The minimum Gasteiger partial charge on any atom is -0.379 e. The molecule has 2 saturated heterocycles. The third-order valence-electron chi connectivity index (χ3n) is 5.51. The molecule has 2 aromatic carbocycles. The van der Waals surface area contributed by atoms with Crippen molar-refractivity contribution in [1.82, 2.24) is 9.80 Å². The third-order valence-corrected chi connectivity index (χ3v) is 6.71. The largest absolute Gasteiger partial charge is 0.379 e. The molecule has 1 atom stereocenters. The lowest BCUT2D eigenvalue weighted by Gasteiger charge is -2.35. The number of carbonyl (C=O) groups is 1. The molecule has 0 bridgehead atoms. The van der Waals surface area contributed by atoms with Crippen LogP contribution in [0.4, 0.5) is 0 Å². The smallest absolute Gasteiger partial charge is 0.254 e. The van der Waals surface area contributed by atoms with E-state index < -0.39 is 0 Å². The first-order chi connectivity index (χ1) is 13.8. The van der Waals surface area contributed by atoms with Crippen molar-refractivity contribution < 1.29 is 9.53 Å². The Morgan fingerprint density at radius 1 is 0.964 bits per heavy atom. The lowest BCUT2D eigenvalue weighted by Crippen LogP contribution is -2.50. The van der Waals surface area contributed by atoms with Gasteiger partial charge in [-0.15, -0.1) is 0 Å². The van der Waals surface area contributed by atoms with Crippen LogP contribution in [0.25, 0.3) is 11.1 Å². The summed E-state index contributed by atoms with van der Waals surface area (Å²) >= 11 is 1.98. The molecule has 0 saturated carbocycles. The van der Waals surface area contributed by atoms with E-state index in [-0.39, 0.29) is 11.9 Å². The van der Waals surface area contributed by atoms with Crippen LogP contribution >= 0.6 is 11.8 Å². The Kier molecular flexibility index (Phi) is 6.68. The molecule has 2 aromatic rings. The lowest BCUT2D eigenvalue weighted by atomic mass is 10.0. The van der Waals surface area contributed by atoms with Crippen molar-refractivity contribution in [3.63, 3.8) is 0 Å². The van der Waals surface area contributed by atoms with Gasteiger partial charge in [-0.1, -0.05) is 42.5 Å². The second-order valence-electron chi connectivity index (χ2n) is 7.44. The van der Waals surface area contributed by atoms with Gasteiger partial charge >= 0.3 is 0 Å². The molecule has 5 heteroatoms. The first-order valence-electron chi connectivity index (χ1n) is 10.2. The minimum atomic E-state index is 0.167. The van der Waals surface area contributed by atoms with Gasteiger partial charge in [0.15, 0.2) is 0 Å². The predicted octanol–water partition coefficient (Wildman–Crippen LogP) is 3.63. The number of morpholine rings is 1. The highest BCUT2D eigenvalue weighted by atomic mass is 32.2. The molecule has 148 valence electrons. The number of thioether (sulfide) groups is 1. The summed E-state index contributed by atoms with van der Waals surface area (Å²) in [5, 5.41) is 0. The van der Waals surface area contributed by atoms with E-state index in [9.17, 15) is 4.79 Å². The molecule has 0 aliphatic carbocycles. The van der Waals surface area contributed by atoms with Crippen molar-refractivity contribution in [2.75, 3.05) is 50.9 Å². The number of hydrogen-bond donors (Lipinski definition) is 0. The van der Waals surface area contributed by atoms with Gasteiger partial charge in [0.05, 0.1) is 19.3 Å². The molecule has 28 heavy (non-hydrogen) atoms. The quantitative estimate of drug-likeness (QED) is 0.790. The Morgan fingerprint density at radius 3 is 2.43 bits per heavy atom. The van der Waals surface area contributed by atoms with Crippen LogP contribution in [-0.2, 0) is 4.74 Å². The van der Waals surface area contributed by atoms with Gasteiger partial charge in [-0.2, -0.15) is 11.8 Å². The zero-order valence-corrected chi connectivity index (χ0v) is 17.1. The van der Waals surface area contributed by atoms with Crippen molar-refractivity contribution >= 4 is 17.7 Å². The fourth-order valence-electron chi connectivity index (χ4n) is 3.93. The van der Waals surface area contributed by atoms with Crippen LogP contribution in [0.1, 0.15) is 16.8 Å². The number of ether oxygens (including phenoxy) is 1. The van der Waals surface area contributed by atoms with Crippen molar-refractivity contribution in [1.29, 1.82) is 0 Å². The van der Waals surface area contributed by atoms with E-state index in [4.69, 9.17) is 4.74 Å². The molecule has 4 nitrogen and oxygen atoms in total. The van der Waals surface area contributed by atoms with Gasteiger partial charge in [0.25, 0.3) is 5.91 Å². The van der Waals surface area contributed by atoms with E-state index in [1.54, 1.807) is 0 Å². The molecule has 2 aliphatic rings. The summed E-state index contributed by atoms with van der Waals surface area (Å²) < 4.78 is 5.48. The zero-order valence-electron chi connectivity index (χ0n) is 16.3. The average Bonchev–Trinajstić information content (AvgIpc) is 3.00. The van der Waals surface area contributed by atoms with Gasteiger partial charge in [-0.3, -0.25) is 9.69 Å². The molecule has 4 rings (SSSR count). The topological polar surface area (TPSA) is 32.8 Å². The van der Waals surface area contributed by atoms with Crippen LogP contribution < -0.4 is 0 Å². The third kappa shape index (κ3) is 4.77. The maximum atomic E-state index is 13.3. The van der Waals surface area contributed by atoms with Crippen molar-refractivity contribution in [2.24, 2.45) is 0 Å².